The highest BCUT2D eigenvalue weighted by atomic mass is 32.1. The van der Waals surface area contributed by atoms with Gasteiger partial charge in [0.2, 0.25) is 0 Å². The Hall–Kier alpha value is -1.42. The highest BCUT2D eigenvalue weighted by Crippen LogP contribution is 2.15. The molecule has 0 fully saturated rings. The molecule has 1 aromatic heterocycles. The number of aromatic nitrogens is 1. The fourth-order valence-corrected chi connectivity index (χ4v) is 2.14. The van der Waals surface area contributed by atoms with Gasteiger partial charge in [0.1, 0.15) is 0 Å². The Kier molecular flexibility index (Phi) is 6.25. The van der Waals surface area contributed by atoms with Crippen molar-refractivity contribution in [2.75, 3.05) is 6.61 Å². The molecule has 3 nitrogen and oxygen atoms in total. The Morgan fingerprint density at radius 3 is 3.00 bits per heavy atom. The largest absolute Gasteiger partial charge is 0.463 e. The second-order valence-electron chi connectivity index (χ2n) is 3.38. The number of thiazole rings is 1. The van der Waals surface area contributed by atoms with Gasteiger partial charge in [-0.25, -0.2) is 9.78 Å². The first-order valence-electron chi connectivity index (χ1n) is 5.72. The van der Waals surface area contributed by atoms with E-state index in [4.69, 9.17) is 4.74 Å². The summed E-state index contributed by atoms with van der Waals surface area (Å²) in [6, 6.07) is 0. The third kappa shape index (κ3) is 5.45. The average Bonchev–Trinajstić information content (AvgIpc) is 2.73. The standard InChI is InChI=1S/C13H17NO2S/c1-3-7-12-14-10-11(17-12)8-5-6-9-13(15)16-4-2/h5-6,8-10H,3-4,7H2,1-2H3. The minimum absolute atomic E-state index is 0.312. The fourth-order valence-electron chi connectivity index (χ4n) is 1.21. The molecule has 0 saturated carbocycles. The molecular weight excluding hydrogens is 234 g/mol. The molecule has 0 saturated heterocycles. The van der Waals surface area contributed by atoms with Crippen LogP contribution >= 0.6 is 11.3 Å². The Bertz CT molecular complexity index is 407. The maximum atomic E-state index is 11.0. The highest BCUT2D eigenvalue weighted by Gasteiger charge is 1.97. The van der Waals surface area contributed by atoms with Gasteiger partial charge in [-0.1, -0.05) is 19.1 Å². The zero-order chi connectivity index (χ0) is 12.5. The monoisotopic (exact) mass is 251 g/mol. The van der Waals surface area contributed by atoms with E-state index in [9.17, 15) is 4.79 Å². The zero-order valence-electron chi connectivity index (χ0n) is 10.2. The van der Waals surface area contributed by atoms with Gasteiger partial charge in [0.25, 0.3) is 0 Å². The third-order valence-electron chi connectivity index (χ3n) is 1.93. The van der Waals surface area contributed by atoms with Crippen LogP contribution in [0, 0.1) is 0 Å². The topological polar surface area (TPSA) is 39.2 Å². The van der Waals surface area contributed by atoms with Crippen LogP contribution in [0.25, 0.3) is 6.08 Å². The molecule has 0 radical (unpaired) electrons. The summed E-state index contributed by atoms with van der Waals surface area (Å²) in [5.41, 5.74) is 0. The summed E-state index contributed by atoms with van der Waals surface area (Å²) in [5, 5.41) is 1.15. The van der Waals surface area contributed by atoms with Crippen molar-refractivity contribution >= 4 is 23.4 Å². The summed E-state index contributed by atoms with van der Waals surface area (Å²) in [7, 11) is 0. The van der Waals surface area contributed by atoms with E-state index < -0.39 is 0 Å². The number of rotatable bonds is 6. The number of carbonyl (C=O) groups is 1. The van der Waals surface area contributed by atoms with Crippen molar-refractivity contribution in [2.45, 2.75) is 26.7 Å². The number of allylic oxidation sites excluding steroid dienone is 2. The lowest BCUT2D eigenvalue weighted by atomic mass is 10.4. The predicted molar refractivity (Wildman–Crippen MR) is 70.9 cm³/mol. The summed E-state index contributed by atoms with van der Waals surface area (Å²) >= 11 is 1.68. The van der Waals surface area contributed by atoms with E-state index in [0.717, 1.165) is 22.7 Å². The van der Waals surface area contributed by atoms with Crippen LogP contribution in [0.5, 0.6) is 0 Å². The summed E-state index contributed by atoms with van der Waals surface area (Å²) < 4.78 is 4.76. The van der Waals surface area contributed by atoms with Crippen molar-refractivity contribution in [1.29, 1.82) is 0 Å². The van der Waals surface area contributed by atoms with Gasteiger partial charge < -0.3 is 4.74 Å². The van der Waals surface area contributed by atoms with Crippen LogP contribution in [0.2, 0.25) is 0 Å². The Labute approximate surface area is 106 Å². The predicted octanol–water partition coefficient (Wildman–Crippen LogP) is 3.23. The maximum absolute atomic E-state index is 11.0. The minimum atomic E-state index is -0.312. The molecule has 4 heteroatoms. The van der Waals surface area contributed by atoms with Crippen molar-refractivity contribution in [3.63, 3.8) is 0 Å². The number of ether oxygens (including phenoxy) is 1. The van der Waals surface area contributed by atoms with Crippen molar-refractivity contribution in [3.8, 4) is 0 Å². The van der Waals surface area contributed by atoms with Crippen LogP contribution in [-0.2, 0) is 16.0 Å². The first kappa shape index (κ1) is 13.6. The molecule has 0 amide bonds. The van der Waals surface area contributed by atoms with Crippen LogP contribution in [0.1, 0.15) is 30.2 Å². The van der Waals surface area contributed by atoms with Crippen molar-refractivity contribution in [3.05, 3.63) is 34.3 Å². The normalized spacial score (nSPS) is 11.4. The van der Waals surface area contributed by atoms with E-state index in [0.29, 0.717) is 6.61 Å². The van der Waals surface area contributed by atoms with Gasteiger partial charge in [0.05, 0.1) is 11.6 Å². The summed E-state index contributed by atoms with van der Waals surface area (Å²) in [6.07, 6.45) is 10.8. The molecule has 0 aliphatic heterocycles. The molecule has 0 bridgehead atoms. The average molecular weight is 251 g/mol. The van der Waals surface area contributed by atoms with Gasteiger partial charge in [0.15, 0.2) is 0 Å². The Balaban J connectivity index is 2.44. The van der Waals surface area contributed by atoms with Crippen LogP contribution in [0.15, 0.2) is 24.4 Å². The minimum Gasteiger partial charge on any atom is -0.463 e. The number of carbonyl (C=O) groups excluding carboxylic acids is 1. The van der Waals surface area contributed by atoms with Gasteiger partial charge in [-0.2, -0.15) is 0 Å². The van der Waals surface area contributed by atoms with E-state index in [1.54, 1.807) is 24.3 Å². The fraction of sp³-hybridized carbons (Fsp3) is 0.385. The van der Waals surface area contributed by atoms with Gasteiger partial charge in [-0.05, 0) is 25.8 Å². The molecule has 1 rings (SSSR count). The molecule has 1 aromatic rings. The second kappa shape index (κ2) is 7.79. The van der Waals surface area contributed by atoms with Crippen molar-refractivity contribution in [2.24, 2.45) is 0 Å². The molecule has 0 aromatic carbocycles. The van der Waals surface area contributed by atoms with E-state index in [2.05, 4.69) is 11.9 Å². The van der Waals surface area contributed by atoms with Crippen LogP contribution in [0.3, 0.4) is 0 Å². The van der Waals surface area contributed by atoms with E-state index in [-0.39, 0.29) is 5.97 Å². The lowest BCUT2D eigenvalue weighted by Gasteiger charge is -1.92. The number of aryl methyl sites for hydroxylation is 1. The molecular formula is C13H17NO2S. The lowest BCUT2D eigenvalue weighted by Crippen LogP contribution is -1.98. The summed E-state index contributed by atoms with van der Waals surface area (Å²) in [4.78, 5) is 16.4. The van der Waals surface area contributed by atoms with Crippen molar-refractivity contribution < 1.29 is 9.53 Å². The number of hydrogen-bond acceptors (Lipinski definition) is 4. The number of esters is 1. The zero-order valence-corrected chi connectivity index (χ0v) is 11.0. The van der Waals surface area contributed by atoms with Crippen LogP contribution < -0.4 is 0 Å². The molecule has 0 N–H and O–H groups in total. The molecule has 92 valence electrons. The molecule has 0 aliphatic rings. The van der Waals surface area contributed by atoms with E-state index in [1.165, 1.54) is 6.08 Å². The highest BCUT2D eigenvalue weighted by molar-refractivity contribution is 7.12. The smallest absolute Gasteiger partial charge is 0.330 e. The van der Waals surface area contributed by atoms with E-state index >= 15 is 0 Å². The SMILES string of the molecule is CCCc1ncc(C=CC=CC(=O)OCC)s1. The molecule has 17 heavy (non-hydrogen) atoms. The third-order valence-corrected chi connectivity index (χ3v) is 2.95. The van der Waals surface area contributed by atoms with Crippen LogP contribution in [-0.4, -0.2) is 17.6 Å². The van der Waals surface area contributed by atoms with E-state index in [1.807, 2.05) is 18.3 Å². The lowest BCUT2D eigenvalue weighted by molar-refractivity contribution is -0.137. The molecule has 0 unspecified atom stereocenters. The quantitative estimate of drug-likeness (QED) is 0.442. The van der Waals surface area contributed by atoms with Gasteiger partial charge in [0, 0.05) is 17.2 Å². The second-order valence-corrected chi connectivity index (χ2v) is 4.52. The Morgan fingerprint density at radius 2 is 2.29 bits per heavy atom. The molecule has 0 atom stereocenters. The summed E-state index contributed by atoms with van der Waals surface area (Å²) in [5.74, 6) is -0.312. The Morgan fingerprint density at radius 1 is 1.47 bits per heavy atom. The first-order chi connectivity index (χ1) is 8.26. The van der Waals surface area contributed by atoms with Gasteiger partial charge >= 0.3 is 5.97 Å². The van der Waals surface area contributed by atoms with Gasteiger partial charge in [-0.15, -0.1) is 11.3 Å². The number of hydrogen-bond donors (Lipinski definition) is 0. The molecule has 0 aliphatic carbocycles. The first-order valence-corrected chi connectivity index (χ1v) is 6.54. The molecule has 0 spiro atoms. The maximum Gasteiger partial charge on any atom is 0.330 e. The van der Waals surface area contributed by atoms with Gasteiger partial charge in [-0.3, -0.25) is 0 Å². The number of nitrogens with zero attached hydrogens (tertiary/aromatic N) is 1. The molecule has 1 heterocycles. The summed E-state index contributed by atoms with van der Waals surface area (Å²) in [6.45, 7) is 4.33. The van der Waals surface area contributed by atoms with Crippen LogP contribution in [0.4, 0.5) is 0 Å². The van der Waals surface area contributed by atoms with Crippen molar-refractivity contribution in [1.82, 2.24) is 4.98 Å².